The van der Waals surface area contributed by atoms with E-state index in [1.54, 1.807) is 12.1 Å². The lowest BCUT2D eigenvalue weighted by Gasteiger charge is -2.43. The van der Waals surface area contributed by atoms with Crippen LogP contribution in [0.5, 0.6) is 0 Å². The number of likely N-dealkylation sites (tertiary alicyclic amines) is 2. The Hall–Kier alpha value is -1.95. The second-order valence-electron chi connectivity index (χ2n) is 8.89. The number of nitrogens with one attached hydrogen (secondary N) is 1. The van der Waals surface area contributed by atoms with E-state index in [1.807, 2.05) is 4.90 Å². The van der Waals surface area contributed by atoms with Gasteiger partial charge in [-0.15, -0.1) is 0 Å². The Kier molecular flexibility index (Phi) is 5.17. The summed E-state index contributed by atoms with van der Waals surface area (Å²) in [6.45, 7) is 8.63. The Morgan fingerprint density at radius 1 is 1.25 bits per heavy atom. The summed E-state index contributed by atoms with van der Waals surface area (Å²) in [4.78, 5) is 29.7. The number of hydrogen-bond acceptors (Lipinski definition) is 3. The minimum absolute atomic E-state index is 0.0551. The molecule has 2 amide bonds. The molecule has 0 aromatic heterocycles. The van der Waals surface area contributed by atoms with Gasteiger partial charge in [0, 0.05) is 49.7 Å². The summed E-state index contributed by atoms with van der Waals surface area (Å²) < 4.78 is 13.1. The van der Waals surface area contributed by atoms with Gasteiger partial charge in [0.15, 0.2) is 0 Å². The number of amides is 2. The maximum Gasteiger partial charge on any atom is 0.253 e. The topological polar surface area (TPSA) is 52.7 Å². The first kappa shape index (κ1) is 19.4. The molecule has 5 nitrogen and oxygen atoms in total. The Bertz CT molecular complexity index is 743. The molecule has 0 bridgehead atoms. The number of carbonyl (C=O) groups is 2. The van der Waals surface area contributed by atoms with E-state index in [1.165, 1.54) is 12.1 Å². The number of carbonyl (C=O) groups excluding carboxylic acids is 2. The zero-order valence-corrected chi connectivity index (χ0v) is 16.8. The van der Waals surface area contributed by atoms with Crippen molar-refractivity contribution in [2.45, 2.75) is 38.6 Å². The highest BCUT2D eigenvalue weighted by atomic mass is 19.1. The van der Waals surface area contributed by atoms with Gasteiger partial charge < -0.3 is 15.1 Å². The van der Waals surface area contributed by atoms with Gasteiger partial charge in [-0.05, 0) is 43.0 Å². The maximum absolute atomic E-state index is 13.1. The van der Waals surface area contributed by atoms with Gasteiger partial charge in [-0.1, -0.05) is 20.3 Å². The molecule has 28 heavy (non-hydrogen) atoms. The Morgan fingerprint density at radius 2 is 1.93 bits per heavy atom. The predicted octanol–water partition coefficient (Wildman–Crippen LogP) is 2.52. The quantitative estimate of drug-likeness (QED) is 0.864. The van der Waals surface area contributed by atoms with E-state index < -0.39 is 0 Å². The van der Waals surface area contributed by atoms with Gasteiger partial charge in [0.1, 0.15) is 5.82 Å². The molecule has 1 N–H and O–H groups in total. The fraction of sp³-hybridized carbons (Fsp3) is 0.636. The largest absolute Gasteiger partial charge is 0.350 e. The summed E-state index contributed by atoms with van der Waals surface area (Å²) in [6, 6.07) is 5.73. The van der Waals surface area contributed by atoms with Crippen LogP contribution >= 0.6 is 0 Å². The summed E-state index contributed by atoms with van der Waals surface area (Å²) in [7, 11) is 0. The summed E-state index contributed by atoms with van der Waals surface area (Å²) in [5.41, 5.74) is 0.345. The number of halogens is 1. The summed E-state index contributed by atoms with van der Waals surface area (Å²) in [5, 5.41) is 3.31. The summed E-state index contributed by atoms with van der Waals surface area (Å²) >= 11 is 0. The molecule has 3 fully saturated rings. The maximum atomic E-state index is 13.1. The van der Waals surface area contributed by atoms with Crippen LogP contribution < -0.4 is 5.32 Å². The molecule has 0 unspecified atom stereocenters. The molecule has 6 heteroatoms. The highest BCUT2D eigenvalue weighted by molar-refractivity contribution is 5.94. The Balaban J connectivity index is 1.41. The number of piperidine rings is 1. The second-order valence-corrected chi connectivity index (χ2v) is 8.89. The van der Waals surface area contributed by atoms with E-state index in [9.17, 15) is 14.0 Å². The van der Waals surface area contributed by atoms with Crippen LogP contribution in [0, 0.1) is 23.6 Å². The molecule has 0 saturated carbocycles. The van der Waals surface area contributed by atoms with Gasteiger partial charge in [-0.25, -0.2) is 4.39 Å². The van der Waals surface area contributed by atoms with Gasteiger partial charge in [0.25, 0.3) is 5.91 Å². The van der Waals surface area contributed by atoms with Crippen molar-refractivity contribution in [1.29, 1.82) is 0 Å². The van der Waals surface area contributed by atoms with Crippen LogP contribution in [0.4, 0.5) is 4.39 Å². The van der Waals surface area contributed by atoms with Gasteiger partial charge in [0.05, 0.1) is 5.92 Å². The molecule has 1 aromatic carbocycles. The summed E-state index contributed by atoms with van der Waals surface area (Å²) in [6.07, 6.45) is 2.75. The van der Waals surface area contributed by atoms with Crippen LogP contribution in [-0.2, 0) is 4.79 Å². The fourth-order valence-electron chi connectivity index (χ4n) is 5.24. The predicted molar refractivity (Wildman–Crippen MR) is 105 cm³/mol. The molecule has 3 aliphatic rings. The minimum atomic E-state index is -0.336. The molecule has 152 valence electrons. The lowest BCUT2D eigenvalue weighted by Crippen LogP contribution is -2.56. The average Bonchev–Trinajstić information content (AvgIpc) is 3.22. The molecule has 3 atom stereocenters. The van der Waals surface area contributed by atoms with Gasteiger partial charge in [-0.2, -0.15) is 0 Å². The van der Waals surface area contributed by atoms with Crippen molar-refractivity contribution in [3.8, 4) is 0 Å². The Labute approximate surface area is 166 Å². The molecule has 0 aliphatic carbocycles. The van der Waals surface area contributed by atoms with E-state index in [4.69, 9.17) is 0 Å². The van der Waals surface area contributed by atoms with E-state index in [0.29, 0.717) is 30.5 Å². The normalized spacial score (nSPS) is 27.7. The molecule has 1 aromatic rings. The first-order chi connectivity index (χ1) is 13.4. The number of nitrogens with zero attached hydrogens (tertiary/aromatic N) is 2. The van der Waals surface area contributed by atoms with Crippen molar-refractivity contribution in [1.82, 2.24) is 15.1 Å². The average molecular weight is 387 g/mol. The van der Waals surface area contributed by atoms with E-state index in [2.05, 4.69) is 24.1 Å². The number of rotatable bonds is 4. The smallest absolute Gasteiger partial charge is 0.253 e. The first-order valence-corrected chi connectivity index (χ1v) is 10.5. The molecular weight excluding hydrogens is 357 g/mol. The Morgan fingerprint density at radius 3 is 2.57 bits per heavy atom. The van der Waals surface area contributed by atoms with Gasteiger partial charge in [-0.3, -0.25) is 9.59 Å². The third-order valence-corrected chi connectivity index (χ3v) is 7.12. The molecular formula is C22H30FN3O2. The molecule has 4 rings (SSSR count). The first-order valence-electron chi connectivity index (χ1n) is 10.5. The lowest BCUT2D eigenvalue weighted by molar-refractivity contribution is -0.123. The van der Waals surface area contributed by atoms with Crippen molar-refractivity contribution in [3.05, 3.63) is 35.6 Å². The fourth-order valence-corrected chi connectivity index (χ4v) is 5.24. The van der Waals surface area contributed by atoms with Crippen LogP contribution in [0.25, 0.3) is 0 Å². The van der Waals surface area contributed by atoms with Crippen LogP contribution in [0.1, 0.15) is 43.5 Å². The number of hydrogen-bond donors (Lipinski definition) is 1. The third-order valence-electron chi connectivity index (χ3n) is 7.12. The number of benzene rings is 1. The van der Waals surface area contributed by atoms with Crippen molar-refractivity contribution in [3.63, 3.8) is 0 Å². The highest BCUT2D eigenvalue weighted by Gasteiger charge is 2.57. The van der Waals surface area contributed by atoms with Crippen LogP contribution in [0.15, 0.2) is 24.3 Å². The van der Waals surface area contributed by atoms with Crippen molar-refractivity contribution in [2.24, 2.45) is 17.8 Å². The van der Waals surface area contributed by atoms with Gasteiger partial charge in [0.2, 0.25) is 5.91 Å². The van der Waals surface area contributed by atoms with E-state index in [0.717, 1.165) is 38.9 Å². The molecule has 1 spiro atoms. The minimum Gasteiger partial charge on any atom is -0.350 e. The zero-order chi connectivity index (χ0) is 19.9. The van der Waals surface area contributed by atoms with E-state index >= 15 is 0 Å². The van der Waals surface area contributed by atoms with Crippen molar-refractivity contribution in [2.75, 3.05) is 32.7 Å². The third kappa shape index (κ3) is 3.43. The van der Waals surface area contributed by atoms with Crippen molar-refractivity contribution < 1.29 is 14.0 Å². The van der Waals surface area contributed by atoms with E-state index in [-0.39, 0.29) is 29.1 Å². The number of fused-ring (bicyclic) bond motifs is 2. The summed E-state index contributed by atoms with van der Waals surface area (Å²) in [5.74, 6) is 0.871. The highest BCUT2D eigenvalue weighted by Crippen LogP contribution is 2.44. The lowest BCUT2D eigenvalue weighted by atomic mass is 9.75. The molecule has 3 saturated heterocycles. The second kappa shape index (κ2) is 7.47. The van der Waals surface area contributed by atoms with Crippen LogP contribution in [0.3, 0.4) is 0 Å². The van der Waals surface area contributed by atoms with Crippen molar-refractivity contribution >= 4 is 11.8 Å². The van der Waals surface area contributed by atoms with Crippen LogP contribution in [-0.4, -0.2) is 59.9 Å². The monoisotopic (exact) mass is 387 g/mol. The standard InChI is InChI=1S/C22H30FN3O2/c1-3-15(2)12-25-13-18-19(14-25)22(24-20(18)27)8-10-26(11-9-22)21(28)16-4-6-17(23)7-5-16/h4-7,15,18-19H,3,8-14H2,1-2H3,(H,24,27)/t15-,18+,19-/m0/s1. The zero-order valence-electron chi connectivity index (χ0n) is 16.8. The van der Waals surface area contributed by atoms with Gasteiger partial charge >= 0.3 is 0 Å². The molecule has 3 heterocycles. The van der Waals surface area contributed by atoms with Crippen LogP contribution in [0.2, 0.25) is 0 Å². The molecule has 0 radical (unpaired) electrons. The molecule has 3 aliphatic heterocycles. The SMILES string of the molecule is CC[C@H](C)CN1C[C@H]2C(=O)NC3(CCN(C(=O)c4ccc(F)cc4)CC3)[C@H]2C1.